The van der Waals surface area contributed by atoms with Crippen molar-refractivity contribution >= 4 is 36.6 Å². The lowest BCUT2D eigenvalue weighted by Gasteiger charge is -2.16. The number of hydrogen-bond acceptors (Lipinski definition) is 8. The minimum Gasteiger partial charge on any atom is -0.508 e. The molecule has 0 aliphatic carbocycles. The molecule has 3 aromatic rings. The van der Waals surface area contributed by atoms with Gasteiger partial charge >= 0.3 is 0 Å². The topological polar surface area (TPSA) is 196 Å². The highest BCUT2D eigenvalue weighted by Gasteiger charge is 2.18. The van der Waals surface area contributed by atoms with Crippen molar-refractivity contribution in [3.05, 3.63) is 85.1 Å². The zero-order valence-corrected chi connectivity index (χ0v) is 28.8. The highest BCUT2D eigenvalue weighted by atomic mass is 35.5. The summed E-state index contributed by atoms with van der Waals surface area (Å²) in [7, 11) is 0. The zero-order chi connectivity index (χ0) is 32.6. The van der Waals surface area contributed by atoms with Crippen molar-refractivity contribution < 1.29 is 19.8 Å². The van der Waals surface area contributed by atoms with E-state index in [-0.39, 0.29) is 53.7 Å². The number of benzene rings is 2. The quantitative estimate of drug-likeness (QED) is 0.126. The van der Waals surface area contributed by atoms with Crippen molar-refractivity contribution in [3.63, 3.8) is 0 Å². The molecule has 0 radical (unpaired) electrons. The fourth-order valence-corrected chi connectivity index (χ4v) is 5.45. The number of carbonyl (C=O) groups is 2. The maximum absolute atomic E-state index is 12.7. The number of aryl methyl sites for hydroxylation is 7. The molecule has 9 N–H and O–H groups in total. The maximum atomic E-state index is 12.7. The number of hydrogen-bond donors (Lipinski definition) is 7. The number of rotatable bonds is 14. The Balaban J connectivity index is 0.00000529. The van der Waals surface area contributed by atoms with E-state index < -0.39 is 12.1 Å². The molecule has 0 bridgehead atoms. The van der Waals surface area contributed by atoms with Gasteiger partial charge < -0.3 is 37.3 Å². The number of aromatic nitrogens is 2. The standard InChI is InChI=1S/C33H46N6O5.2ClH/c1-18-12-23(40)13-19(2)25(18)16-27(34)31(42)36-10-6-8-29-22(5)38-30(33(44)39-29)9-7-11-37-32(43)28(35)17-26-20(3)14-24(41)15-21(26)4;;/h12-15,27-28,40-41H,6-11,16-17,34-35H2,1-5H3,(H,36,42)(H,37,43)(H,39,44);2*1H. The largest absolute Gasteiger partial charge is 0.508 e. The second kappa shape index (κ2) is 18.5. The summed E-state index contributed by atoms with van der Waals surface area (Å²) in [6, 6.07) is 5.19. The molecular weight excluding hydrogens is 631 g/mol. The van der Waals surface area contributed by atoms with Crippen LogP contribution in [0.15, 0.2) is 29.1 Å². The molecule has 0 aliphatic rings. The Morgan fingerprint density at radius 2 is 1.15 bits per heavy atom. The zero-order valence-electron chi connectivity index (χ0n) is 27.2. The van der Waals surface area contributed by atoms with E-state index >= 15 is 0 Å². The molecule has 1 aromatic heterocycles. The summed E-state index contributed by atoms with van der Waals surface area (Å²) in [6.07, 6.45) is 2.80. The number of aromatic hydroxyl groups is 2. The van der Waals surface area contributed by atoms with E-state index in [1.807, 2.05) is 34.6 Å². The Morgan fingerprint density at radius 3 is 1.57 bits per heavy atom. The van der Waals surface area contributed by atoms with Crippen LogP contribution in [0.2, 0.25) is 0 Å². The van der Waals surface area contributed by atoms with Gasteiger partial charge in [-0.05, 0) is 131 Å². The molecule has 0 fully saturated rings. The molecule has 0 saturated carbocycles. The first-order valence-corrected chi connectivity index (χ1v) is 15.0. The van der Waals surface area contributed by atoms with Crippen molar-refractivity contribution in [2.24, 2.45) is 11.5 Å². The van der Waals surface area contributed by atoms with E-state index in [0.717, 1.165) is 33.4 Å². The molecule has 1 heterocycles. The number of nitrogens with one attached hydrogen (secondary N) is 3. The second-order valence-electron chi connectivity index (χ2n) is 11.6. The molecule has 2 aromatic carbocycles. The molecule has 0 aliphatic heterocycles. The van der Waals surface area contributed by atoms with E-state index in [1.165, 1.54) is 0 Å². The number of nitrogens with two attached hydrogens (primary N) is 2. The Kier molecular flexibility index (Phi) is 16.2. The molecule has 13 heteroatoms. The van der Waals surface area contributed by atoms with Crippen LogP contribution in [0, 0.1) is 34.6 Å². The third-order valence-corrected chi connectivity index (χ3v) is 7.94. The van der Waals surface area contributed by atoms with Crippen molar-refractivity contribution in [2.75, 3.05) is 13.1 Å². The van der Waals surface area contributed by atoms with E-state index in [1.54, 1.807) is 24.3 Å². The van der Waals surface area contributed by atoms with Crippen LogP contribution in [0.5, 0.6) is 11.5 Å². The molecular formula is C33H48Cl2N6O5. The first kappa shape index (κ1) is 40.4. The highest BCUT2D eigenvalue weighted by molar-refractivity contribution is 5.85. The Bertz CT molecular complexity index is 1520. The van der Waals surface area contributed by atoms with Crippen molar-refractivity contribution in [1.29, 1.82) is 0 Å². The lowest BCUT2D eigenvalue weighted by Crippen LogP contribution is -2.42. The normalized spacial score (nSPS) is 12.0. The number of phenols is 2. The van der Waals surface area contributed by atoms with Gasteiger partial charge in [-0.3, -0.25) is 19.4 Å². The van der Waals surface area contributed by atoms with Crippen molar-refractivity contribution in [1.82, 2.24) is 20.6 Å². The van der Waals surface area contributed by atoms with E-state index in [9.17, 15) is 24.6 Å². The average molecular weight is 680 g/mol. The molecule has 2 amide bonds. The molecule has 254 valence electrons. The van der Waals surface area contributed by atoms with Crippen LogP contribution < -0.4 is 27.7 Å². The van der Waals surface area contributed by atoms with Crippen LogP contribution in [0.25, 0.3) is 0 Å². The Morgan fingerprint density at radius 1 is 0.761 bits per heavy atom. The predicted octanol–water partition coefficient (Wildman–Crippen LogP) is 2.80. The number of phenolic OH excluding ortho intramolecular Hbond substituents is 2. The maximum Gasteiger partial charge on any atom is 0.269 e. The molecule has 11 nitrogen and oxygen atoms in total. The number of halogens is 2. The number of nitrogens with zero attached hydrogens (tertiary/aromatic N) is 1. The summed E-state index contributed by atoms with van der Waals surface area (Å²) < 4.78 is 0. The average Bonchev–Trinajstić information content (AvgIpc) is 2.94. The third-order valence-electron chi connectivity index (χ3n) is 7.94. The first-order valence-electron chi connectivity index (χ1n) is 15.0. The first-order chi connectivity index (χ1) is 20.8. The summed E-state index contributed by atoms with van der Waals surface area (Å²) in [6.45, 7) is 10.1. The summed E-state index contributed by atoms with van der Waals surface area (Å²) in [4.78, 5) is 45.1. The molecule has 0 saturated heterocycles. The van der Waals surface area contributed by atoms with Gasteiger partial charge in [0.05, 0.1) is 17.8 Å². The molecule has 2 atom stereocenters. The van der Waals surface area contributed by atoms with Crippen LogP contribution in [0.4, 0.5) is 0 Å². The van der Waals surface area contributed by atoms with Gasteiger partial charge in [-0.1, -0.05) is 0 Å². The minimum absolute atomic E-state index is 0. The lowest BCUT2D eigenvalue weighted by atomic mass is 9.96. The Labute approximate surface area is 282 Å². The molecule has 3 rings (SSSR count). The van der Waals surface area contributed by atoms with Gasteiger partial charge in [0.1, 0.15) is 17.2 Å². The smallest absolute Gasteiger partial charge is 0.269 e. The van der Waals surface area contributed by atoms with Gasteiger partial charge in [0, 0.05) is 18.8 Å². The van der Waals surface area contributed by atoms with Crippen LogP contribution in [-0.2, 0) is 35.3 Å². The van der Waals surface area contributed by atoms with Gasteiger partial charge in [-0.25, -0.2) is 0 Å². The number of H-pyrrole nitrogens is 1. The molecule has 2 unspecified atom stereocenters. The summed E-state index contributed by atoms with van der Waals surface area (Å²) in [5.74, 6) is -0.152. The van der Waals surface area contributed by atoms with Crippen molar-refractivity contribution in [3.8, 4) is 11.5 Å². The van der Waals surface area contributed by atoms with Gasteiger partial charge in [-0.15, -0.1) is 24.8 Å². The Hall–Kier alpha value is -3.64. The predicted molar refractivity (Wildman–Crippen MR) is 185 cm³/mol. The minimum atomic E-state index is -0.729. The number of carbonyl (C=O) groups excluding carboxylic acids is 2. The number of aromatic amines is 1. The van der Waals surface area contributed by atoms with E-state index in [2.05, 4.69) is 20.6 Å². The summed E-state index contributed by atoms with van der Waals surface area (Å²) in [5, 5.41) is 25.2. The van der Waals surface area contributed by atoms with Crippen LogP contribution in [0.3, 0.4) is 0 Å². The van der Waals surface area contributed by atoms with Gasteiger partial charge in [0.15, 0.2) is 0 Å². The highest BCUT2D eigenvalue weighted by Crippen LogP contribution is 2.23. The van der Waals surface area contributed by atoms with Crippen LogP contribution in [0.1, 0.15) is 63.3 Å². The van der Waals surface area contributed by atoms with E-state index in [0.29, 0.717) is 68.7 Å². The SMILES string of the molecule is Cc1cc(O)cc(C)c1CC(N)C(=O)NCCCc1[nH]c(=O)c(CCCNC(=O)C(N)Cc2c(C)cc(O)cc2C)nc1C.Cl.Cl. The summed E-state index contributed by atoms with van der Waals surface area (Å²) >= 11 is 0. The number of amides is 2. The van der Waals surface area contributed by atoms with E-state index in [4.69, 9.17) is 11.5 Å². The lowest BCUT2D eigenvalue weighted by molar-refractivity contribution is -0.123. The van der Waals surface area contributed by atoms with Crippen molar-refractivity contribution in [2.45, 2.75) is 85.2 Å². The van der Waals surface area contributed by atoms with Gasteiger partial charge in [0.25, 0.3) is 5.56 Å². The fourth-order valence-electron chi connectivity index (χ4n) is 5.45. The summed E-state index contributed by atoms with van der Waals surface area (Å²) in [5.41, 5.74) is 19.3. The van der Waals surface area contributed by atoms with Gasteiger partial charge in [-0.2, -0.15) is 0 Å². The van der Waals surface area contributed by atoms with Crippen LogP contribution in [-0.4, -0.2) is 57.2 Å². The second-order valence-corrected chi connectivity index (χ2v) is 11.6. The molecule has 46 heavy (non-hydrogen) atoms. The van der Waals surface area contributed by atoms with Crippen LogP contribution >= 0.6 is 24.8 Å². The fraction of sp³-hybridized carbons (Fsp3) is 0.455. The third kappa shape index (κ3) is 11.3. The monoisotopic (exact) mass is 678 g/mol. The van der Waals surface area contributed by atoms with Gasteiger partial charge in [0.2, 0.25) is 11.8 Å². The molecule has 0 spiro atoms.